The SMILES string of the molecule is COC(=O)CN[C@H](c1ccc(C)cc1)c1ccccc1NC(=O)c1ccccc1. The van der Waals surface area contributed by atoms with Crippen LogP contribution in [-0.2, 0) is 9.53 Å². The van der Waals surface area contributed by atoms with E-state index >= 15 is 0 Å². The van der Waals surface area contributed by atoms with Gasteiger partial charge in [-0.15, -0.1) is 0 Å². The molecule has 3 aromatic rings. The van der Waals surface area contributed by atoms with Crippen molar-refractivity contribution in [2.45, 2.75) is 13.0 Å². The Kier molecular flexibility index (Phi) is 6.76. The topological polar surface area (TPSA) is 67.4 Å². The molecule has 0 unspecified atom stereocenters. The van der Waals surface area contributed by atoms with E-state index in [2.05, 4.69) is 10.6 Å². The lowest BCUT2D eigenvalue weighted by molar-refractivity contribution is -0.139. The maximum Gasteiger partial charge on any atom is 0.319 e. The van der Waals surface area contributed by atoms with Crippen LogP contribution in [0.25, 0.3) is 0 Å². The molecule has 0 bridgehead atoms. The fourth-order valence-corrected chi connectivity index (χ4v) is 3.07. The Morgan fingerprint density at radius 2 is 1.55 bits per heavy atom. The van der Waals surface area contributed by atoms with Crippen LogP contribution in [0.15, 0.2) is 78.9 Å². The van der Waals surface area contributed by atoms with Crippen LogP contribution in [0, 0.1) is 6.92 Å². The molecule has 29 heavy (non-hydrogen) atoms. The Morgan fingerprint density at radius 3 is 2.24 bits per heavy atom. The number of anilines is 1. The summed E-state index contributed by atoms with van der Waals surface area (Å²) in [6.07, 6.45) is 0. The van der Waals surface area contributed by atoms with Crippen molar-refractivity contribution in [3.8, 4) is 0 Å². The van der Waals surface area contributed by atoms with Crippen molar-refractivity contribution in [2.75, 3.05) is 19.0 Å². The minimum absolute atomic E-state index is 0.0516. The first-order chi connectivity index (χ1) is 14.1. The Balaban J connectivity index is 1.93. The van der Waals surface area contributed by atoms with E-state index in [9.17, 15) is 9.59 Å². The number of para-hydroxylation sites is 1. The van der Waals surface area contributed by atoms with Gasteiger partial charge in [0.2, 0.25) is 0 Å². The van der Waals surface area contributed by atoms with Crippen LogP contribution in [-0.4, -0.2) is 25.5 Å². The molecule has 0 spiro atoms. The molecule has 0 aromatic heterocycles. The number of hydrogen-bond acceptors (Lipinski definition) is 4. The van der Waals surface area contributed by atoms with Crippen LogP contribution < -0.4 is 10.6 Å². The predicted molar refractivity (Wildman–Crippen MR) is 114 cm³/mol. The number of nitrogens with one attached hydrogen (secondary N) is 2. The summed E-state index contributed by atoms with van der Waals surface area (Å²) in [7, 11) is 1.36. The number of rotatable bonds is 7. The highest BCUT2D eigenvalue weighted by Gasteiger charge is 2.19. The van der Waals surface area contributed by atoms with Gasteiger partial charge in [-0.3, -0.25) is 14.9 Å². The number of hydrogen-bond donors (Lipinski definition) is 2. The van der Waals surface area contributed by atoms with Crippen molar-refractivity contribution in [1.82, 2.24) is 5.32 Å². The monoisotopic (exact) mass is 388 g/mol. The molecule has 0 aliphatic heterocycles. The average Bonchev–Trinajstić information content (AvgIpc) is 2.76. The maximum absolute atomic E-state index is 12.7. The molecule has 3 rings (SSSR count). The molecule has 5 nitrogen and oxygen atoms in total. The molecule has 0 heterocycles. The summed E-state index contributed by atoms with van der Waals surface area (Å²) in [5.41, 5.74) is 4.26. The van der Waals surface area contributed by atoms with Gasteiger partial charge in [-0.25, -0.2) is 0 Å². The van der Waals surface area contributed by atoms with Crippen molar-refractivity contribution in [3.05, 3.63) is 101 Å². The fraction of sp³-hybridized carbons (Fsp3) is 0.167. The molecule has 3 aromatic carbocycles. The van der Waals surface area contributed by atoms with Gasteiger partial charge in [0.25, 0.3) is 5.91 Å². The van der Waals surface area contributed by atoms with Crippen molar-refractivity contribution in [2.24, 2.45) is 0 Å². The van der Waals surface area contributed by atoms with Gasteiger partial charge in [-0.05, 0) is 36.2 Å². The second-order valence-electron chi connectivity index (χ2n) is 6.71. The number of aryl methyl sites for hydroxylation is 1. The van der Waals surface area contributed by atoms with Crippen molar-refractivity contribution in [1.29, 1.82) is 0 Å². The molecule has 0 saturated heterocycles. The first kappa shape index (κ1) is 20.3. The number of benzene rings is 3. The maximum atomic E-state index is 12.7. The second kappa shape index (κ2) is 9.66. The quantitative estimate of drug-likeness (QED) is 0.598. The first-order valence-corrected chi connectivity index (χ1v) is 9.40. The number of methoxy groups -OCH3 is 1. The molecule has 0 fully saturated rings. The predicted octanol–water partition coefficient (Wildman–Crippen LogP) is 4.10. The summed E-state index contributed by atoms with van der Waals surface area (Å²) in [6.45, 7) is 2.07. The smallest absolute Gasteiger partial charge is 0.319 e. The Bertz CT molecular complexity index is 969. The van der Waals surface area contributed by atoms with E-state index in [-0.39, 0.29) is 24.5 Å². The van der Waals surface area contributed by atoms with Crippen LogP contribution >= 0.6 is 0 Å². The lowest BCUT2D eigenvalue weighted by atomic mass is 9.96. The normalized spacial score (nSPS) is 11.5. The highest BCUT2D eigenvalue weighted by Crippen LogP contribution is 2.29. The summed E-state index contributed by atoms with van der Waals surface area (Å²) >= 11 is 0. The van der Waals surface area contributed by atoms with Gasteiger partial charge in [0, 0.05) is 11.3 Å². The zero-order chi connectivity index (χ0) is 20.6. The fourth-order valence-electron chi connectivity index (χ4n) is 3.07. The molecule has 148 valence electrons. The van der Waals surface area contributed by atoms with Gasteiger partial charge in [0.15, 0.2) is 0 Å². The molecular formula is C24H24N2O3. The summed E-state index contributed by atoms with van der Waals surface area (Å²) in [4.78, 5) is 24.4. The summed E-state index contributed by atoms with van der Waals surface area (Å²) in [5, 5.41) is 6.25. The number of carbonyl (C=O) groups is 2. The number of carbonyl (C=O) groups excluding carboxylic acids is 2. The third kappa shape index (κ3) is 5.30. The summed E-state index contributed by atoms with van der Waals surface area (Å²) in [6, 6.07) is 24.4. The van der Waals surface area contributed by atoms with E-state index in [1.54, 1.807) is 12.1 Å². The summed E-state index contributed by atoms with van der Waals surface area (Å²) < 4.78 is 4.77. The van der Waals surface area contributed by atoms with E-state index in [0.29, 0.717) is 11.3 Å². The molecule has 0 aliphatic carbocycles. The van der Waals surface area contributed by atoms with Crippen LogP contribution in [0.3, 0.4) is 0 Å². The van der Waals surface area contributed by atoms with E-state index in [1.807, 2.05) is 73.7 Å². The van der Waals surface area contributed by atoms with E-state index in [1.165, 1.54) is 7.11 Å². The van der Waals surface area contributed by atoms with Gasteiger partial charge in [0.1, 0.15) is 0 Å². The third-order valence-electron chi connectivity index (χ3n) is 4.64. The largest absolute Gasteiger partial charge is 0.468 e. The standard InChI is InChI=1S/C24H24N2O3/c1-17-12-14-18(15-13-17)23(25-16-22(27)29-2)20-10-6-7-11-21(20)26-24(28)19-8-4-3-5-9-19/h3-15,23,25H,16H2,1-2H3,(H,26,28)/t23-/m1/s1. The molecule has 5 heteroatoms. The minimum atomic E-state index is -0.354. The molecule has 1 atom stereocenters. The zero-order valence-electron chi connectivity index (χ0n) is 16.5. The highest BCUT2D eigenvalue weighted by atomic mass is 16.5. The second-order valence-corrected chi connectivity index (χ2v) is 6.71. The lowest BCUT2D eigenvalue weighted by Gasteiger charge is -2.22. The first-order valence-electron chi connectivity index (χ1n) is 9.40. The van der Waals surface area contributed by atoms with Crippen molar-refractivity contribution < 1.29 is 14.3 Å². The zero-order valence-corrected chi connectivity index (χ0v) is 16.5. The van der Waals surface area contributed by atoms with Gasteiger partial charge in [-0.2, -0.15) is 0 Å². The Hall–Kier alpha value is -3.44. The number of amides is 1. The van der Waals surface area contributed by atoms with Crippen molar-refractivity contribution in [3.63, 3.8) is 0 Å². The molecule has 0 radical (unpaired) electrons. The molecule has 0 aliphatic rings. The van der Waals surface area contributed by atoms with E-state index < -0.39 is 0 Å². The molecular weight excluding hydrogens is 364 g/mol. The molecule has 1 amide bonds. The molecule has 0 saturated carbocycles. The summed E-state index contributed by atoms with van der Waals surface area (Å²) in [5.74, 6) is -0.540. The van der Waals surface area contributed by atoms with E-state index in [4.69, 9.17) is 4.74 Å². The van der Waals surface area contributed by atoms with Crippen LogP contribution in [0.1, 0.15) is 33.1 Å². The number of ether oxygens (including phenoxy) is 1. The van der Waals surface area contributed by atoms with Crippen LogP contribution in [0.2, 0.25) is 0 Å². The van der Waals surface area contributed by atoms with Gasteiger partial charge >= 0.3 is 5.97 Å². The van der Waals surface area contributed by atoms with Gasteiger partial charge in [0.05, 0.1) is 19.7 Å². The van der Waals surface area contributed by atoms with E-state index in [0.717, 1.165) is 16.7 Å². The Labute approximate surface area is 170 Å². The number of esters is 1. The van der Waals surface area contributed by atoms with Gasteiger partial charge in [-0.1, -0.05) is 66.2 Å². The van der Waals surface area contributed by atoms with Crippen LogP contribution in [0.4, 0.5) is 5.69 Å². The van der Waals surface area contributed by atoms with Crippen molar-refractivity contribution >= 4 is 17.6 Å². The highest BCUT2D eigenvalue weighted by molar-refractivity contribution is 6.04. The van der Waals surface area contributed by atoms with Crippen LogP contribution in [0.5, 0.6) is 0 Å². The average molecular weight is 388 g/mol. The molecule has 2 N–H and O–H groups in total. The minimum Gasteiger partial charge on any atom is -0.468 e. The Morgan fingerprint density at radius 1 is 0.897 bits per heavy atom. The lowest BCUT2D eigenvalue weighted by Crippen LogP contribution is -2.30. The third-order valence-corrected chi connectivity index (χ3v) is 4.64. The van der Waals surface area contributed by atoms with Gasteiger partial charge < -0.3 is 10.1 Å².